The van der Waals surface area contributed by atoms with Crippen molar-refractivity contribution in [3.63, 3.8) is 0 Å². The average molecular weight is 227 g/mol. The molecule has 0 unspecified atom stereocenters. The molecule has 1 aromatic rings. The van der Waals surface area contributed by atoms with Crippen molar-refractivity contribution in [3.8, 4) is 0 Å². The van der Waals surface area contributed by atoms with Crippen LogP contribution in [0.15, 0.2) is 12.1 Å². The standard InChI is InChI=1S/C11H15ClN2O/c1-7-10(3-4-11(12)13-7)14-8-5-9(6-8)15-2/h3-4,8-9,14H,5-6H2,1-2H3. The number of rotatable bonds is 3. The Morgan fingerprint density at radius 3 is 2.80 bits per heavy atom. The molecule has 0 atom stereocenters. The molecule has 15 heavy (non-hydrogen) atoms. The van der Waals surface area contributed by atoms with E-state index in [9.17, 15) is 0 Å². The Labute approximate surface area is 94.8 Å². The third-order valence-electron chi connectivity index (χ3n) is 2.84. The number of aromatic nitrogens is 1. The van der Waals surface area contributed by atoms with Gasteiger partial charge >= 0.3 is 0 Å². The largest absolute Gasteiger partial charge is 0.381 e. The fourth-order valence-electron chi connectivity index (χ4n) is 1.78. The lowest BCUT2D eigenvalue weighted by Gasteiger charge is -2.35. The fourth-order valence-corrected chi connectivity index (χ4v) is 1.97. The van der Waals surface area contributed by atoms with Crippen molar-refractivity contribution in [1.29, 1.82) is 0 Å². The van der Waals surface area contributed by atoms with Crippen molar-refractivity contribution in [2.24, 2.45) is 0 Å². The van der Waals surface area contributed by atoms with Gasteiger partial charge in [0.1, 0.15) is 5.15 Å². The van der Waals surface area contributed by atoms with Crippen LogP contribution in [0.25, 0.3) is 0 Å². The highest BCUT2D eigenvalue weighted by atomic mass is 35.5. The molecule has 1 aliphatic carbocycles. The Bertz CT molecular complexity index is 350. The third kappa shape index (κ3) is 2.41. The van der Waals surface area contributed by atoms with Gasteiger partial charge in [-0.15, -0.1) is 0 Å². The second kappa shape index (κ2) is 4.37. The van der Waals surface area contributed by atoms with Crippen molar-refractivity contribution < 1.29 is 4.74 Å². The van der Waals surface area contributed by atoms with Gasteiger partial charge in [0, 0.05) is 13.2 Å². The molecular formula is C11H15ClN2O. The van der Waals surface area contributed by atoms with Crippen molar-refractivity contribution in [2.75, 3.05) is 12.4 Å². The number of hydrogen-bond donors (Lipinski definition) is 1. The van der Waals surface area contributed by atoms with E-state index in [0.717, 1.165) is 24.2 Å². The predicted octanol–water partition coefficient (Wildman–Crippen LogP) is 2.63. The molecule has 0 aromatic carbocycles. The number of anilines is 1. The van der Waals surface area contributed by atoms with E-state index in [1.807, 2.05) is 19.1 Å². The Morgan fingerprint density at radius 2 is 2.20 bits per heavy atom. The zero-order valence-electron chi connectivity index (χ0n) is 8.96. The van der Waals surface area contributed by atoms with Gasteiger partial charge in [0.15, 0.2) is 0 Å². The molecule has 0 aliphatic heterocycles. The summed E-state index contributed by atoms with van der Waals surface area (Å²) < 4.78 is 5.23. The van der Waals surface area contributed by atoms with Crippen molar-refractivity contribution in [2.45, 2.75) is 31.9 Å². The maximum Gasteiger partial charge on any atom is 0.129 e. The summed E-state index contributed by atoms with van der Waals surface area (Å²) in [5.41, 5.74) is 2.02. The highest BCUT2D eigenvalue weighted by Gasteiger charge is 2.28. The summed E-state index contributed by atoms with van der Waals surface area (Å²) in [4.78, 5) is 4.20. The number of ether oxygens (including phenoxy) is 1. The Morgan fingerprint density at radius 1 is 1.47 bits per heavy atom. The SMILES string of the molecule is COC1CC(Nc2ccc(Cl)nc2C)C1. The van der Waals surface area contributed by atoms with Crippen LogP contribution in [-0.2, 0) is 4.74 Å². The first-order valence-corrected chi connectivity index (χ1v) is 5.49. The minimum atomic E-state index is 0.420. The number of hydrogen-bond acceptors (Lipinski definition) is 3. The van der Waals surface area contributed by atoms with Gasteiger partial charge in [-0.25, -0.2) is 4.98 Å². The van der Waals surface area contributed by atoms with Gasteiger partial charge in [-0.05, 0) is 31.9 Å². The van der Waals surface area contributed by atoms with E-state index in [2.05, 4.69) is 10.3 Å². The molecule has 0 saturated heterocycles. The number of nitrogens with one attached hydrogen (secondary N) is 1. The lowest BCUT2D eigenvalue weighted by molar-refractivity contribution is 0.0328. The van der Waals surface area contributed by atoms with Crippen LogP contribution in [0.4, 0.5) is 5.69 Å². The monoisotopic (exact) mass is 226 g/mol. The number of pyridine rings is 1. The second-order valence-corrected chi connectivity index (χ2v) is 4.32. The van der Waals surface area contributed by atoms with E-state index in [0.29, 0.717) is 17.3 Å². The number of methoxy groups -OCH3 is 1. The van der Waals surface area contributed by atoms with Gasteiger partial charge in [-0.2, -0.15) is 0 Å². The molecule has 0 bridgehead atoms. The molecule has 4 heteroatoms. The zero-order valence-corrected chi connectivity index (χ0v) is 9.71. The summed E-state index contributed by atoms with van der Waals surface area (Å²) in [6.45, 7) is 1.96. The highest BCUT2D eigenvalue weighted by molar-refractivity contribution is 6.29. The minimum absolute atomic E-state index is 0.420. The molecule has 0 spiro atoms. The van der Waals surface area contributed by atoms with Gasteiger partial charge in [0.2, 0.25) is 0 Å². The lowest BCUT2D eigenvalue weighted by atomic mass is 9.89. The van der Waals surface area contributed by atoms with Gasteiger partial charge in [0.25, 0.3) is 0 Å². The summed E-state index contributed by atoms with van der Waals surface area (Å²) in [5.74, 6) is 0. The second-order valence-electron chi connectivity index (χ2n) is 3.94. The number of halogens is 1. The first-order valence-electron chi connectivity index (χ1n) is 5.11. The molecule has 0 amide bonds. The molecule has 1 aliphatic rings. The van der Waals surface area contributed by atoms with Crippen LogP contribution in [0, 0.1) is 6.92 Å². The van der Waals surface area contributed by atoms with E-state index in [4.69, 9.17) is 16.3 Å². The maximum absolute atomic E-state index is 5.79. The average Bonchev–Trinajstić information content (AvgIpc) is 2.13. The van der Waals surface area contributed by atoms with Crippen LogP contribution in [-0.4, -0.2) is 24.2 Å². The minimum Gasteiger partial charge on any atom is -0.381 e. The molecule has 3 nitrogen and oxygen atoms in total. The molecule has 2 rings (SSSR count). The van der Waals surface area contributed by atoms with E-state index in [1.54, 1.807) is 7.11 Å². The topological polar surface area (TPSA) is 34.1 Å². The van der Waals surface area contributed by atoms with Crippen molar-refractivity contribution in [3.05, 3.63) is 23.0 Å². The van der Waals surface area contributed by atoms with Gasteiger partial charge in [0.05, 0.1) is 17.5 Å². The summed E-state index contributed by atoms with van der Waals surface area (Å²) in [5, 5.41) is 3.98. The van der Waals surface area contributed by atoms with Crippen LogP contribution in [0.3, 0.4) is 0 Å². The van der Waals surface area contributed by atoms with Gasteiger partial charge in [-0.1, -0.05) is 11.6 Å². The smallest absolute Gasteiger partial charge is 0.129 e. The molecule has 1 saturated carbocycles. The normalized spacial score (nSPS) is 24.7. The maximum atomic E-state index is 5.79. The fraction of sp³-hybridized carbons (Fsp3) is 0.545. The molecule has 82 valence electrons. The van der Waals surface area contributed by atoms with E-state index >= 15 is 0 Å². The molecule has 1 N–H and O–H groups in total. The van der Waals surface area contributed by atoms with Crippen LogP contribution >= 0.6 is 11.6 Å². The van der Waals surface area contributed by atoms with E-state index < -0.39 is 0 Å². The van der Waals surface area contributed by atoms with Crippen molar-refractivity contribution in [1.82, 2.24) is 4.98 Å². The molecule has 0 radical (unpaired) electrons. The van der Waals surface area contributed by atoms with Crippen LogP contribution < -0.4 is 5.32 Å². The van der Waals surface area contributed by atoms with E-state index in [-0.39, 0.29) is 0 Å². The number of aryl methyl sites for hydroxylation is 1. The van der Waals surface area contributed by atoms with Crippen LogP contribution in [0.2, 0.25) is 5.15 Å². The molecule has 1 fully saturated rings. The van der Waals surface area contributed by atoms with Crippen LogP contribution in [0.5, 0.6) is 0 Å². The first-order chi connectivity index (χ1) is 7.19. The summed E-state index contributed by atoms with van der Waals surface area (Å²) in [6.07, 6.45) is 2.56. The van der Waals surface area contributed by atoms with E-state index in [1.165, 1.54) is 0 Å². The number of nitrogens with zero attached hydrogens (tertiary/aromatic N) is 1. The Balaban J connectivity index is 1.94. The Kier molecular flexibility index (Phi) is 3.12. The third-order valence-corrected chi connectivity index (χ3v) is 3.05. The van der Waals surface area contributed by atoms with Gasteiger partial charge < -0.3 is 10.1 Å². The van der Waals surface area contributed by atoms with Crippen molar-refractivity contribution >= 4 is 17.3 Å². The highest BCUT2D eigenvalue weighted by Crippen LogP contribution is 2.27. The lowest BCUT2D eigenvalue weighted by Crippen LogP contribution is -2.40. The molecule has 1 heterocycles. The zero-order chi connectivity index (χ0) is 10.8. The quantitative estimate of drug-likeness (QED) is 0.805. The molecule has 1 aromatic heterocycles. The Hall–Kier alpha value is -0.800. The predicted molar refractivity (Wildman–Crippen MR) is 61.4 cm³/mol. The summed E-state index contributed by atoms with van der Waals surface area (Å²) in [6, 6.07) is 4.30. The summed E-state index contributed by atoms with van der Waals surface area (Å²) >= 11 is 5.79. The van der Waals surface area contributed by atoms with Gasteiger partial charge in [-0.3, -0.25) is 0 Å². The first kappa shape index (κ1) is 10.7. The van der Waals surface area contributed by atoms with Crippen LogP contribution in [0.1, 0.15) is 18.5 Å². The summed E-state index contributed by atoms with van der Waals surface area (Å²) in [7, 11) is 1.76. The molecular weight excluding hydrogens is 212 g/mol.